The number of aliphatic carboxylic acids is 1. The Labute approximate surface area is 101 Å². The van der Waals surface area contributed by atoms with E-state index in [1.807, 2.05) is 0 Å². The second-order valence-electron chi connectivity index (χ2n) is 4.67. The predicted molar refractivity (Wildman–Crippen MR) is 62.7 cm³/mol. The third kappa shape index (κ3) is 4.54. The van der Waals surface area contributed by atoms with Gasteiger partial charge in [-0.25, -0.2) is 0 Å². The summed E-state index contributed by atoms with van der Waals surface area (Å²) < 4.78 is 5.54. The van der Waals surface area contributed by atoms with Gasteiger partial charge < -0.3 is 9.52 Å². The molecular formula is C12H20N2O3. The number of unbranched alkanes of at least 4 members (excludes halogenated alkanes) is 1. The van der Waals surface area contributed by atoms with Gasteiger partial charge in [-0.05, 0) is 18.8 Å². The molecule has 0 radical (unpaired) electrons. The lowest BCUT2D eigenvalue weighted by Crippen LogP contribution is -2.01. The average Bonchev–Trinajstić information content (AvgIpc) is 2.71. The summed E-state index contributed by atoms with van der Waals surface area (Å²) in [4.78, 5) is 10.3. The van der Waals surface area contributed by atoms with Crippen LogP contribution in [0, 0.1) is 5.92 Å². The van der Waals surface area contributed by atoms with Gasteiger partial charge in [0.1, 0.15) is 0 Å². The zero-order chi connectivity index (χ0) is 12.8. The first-order valence-electron chi connectivity index (χ1n) is 6.04. The fourth-order valence-electron chi connectivity index (χ4n) is 1.39. The monoisotopic (exact) mass is 240 g/mol. The maximum atomic E-state index is 10.3. The highest BCUT2D eigenvalue weighted by atomic mass is 16.4. The summed E-state index contributed by atoms with van der Waals surface area (Å²) in [5, 5.41) is 16.5. The van der Waals surface area contributed by atoms with Crippen LogP contribution in [0.3, 0.4) is 0 Å². The molecule has 0 bridgehead atoms. The number of aryl methyl sites for hydroxylation is 1. The highest BCUT2D eigenvalue weighted by Gasteiger charge is 2.16. The van der Waals surface area contributed by atoms with Gasteiger partial charge in [-0.3, -0.25) is 4.79 Å². The smallest absolute Gasteiger partial charge is 0.303 e. The summed E-state index contributed by atoms with van der Waals surface area (Å²) in [6.45, 7) is 6.29. The van der Waals surface area contributed by atoms with Crippen LogP contribution < -0.4 is 0 Å². The molecule has 1 aromatic heterocycles. The number of hydrogen-bond acceptors (Lipinski definition) is 4. The van der Waals surface area contributed by atoms with Gasteiger partial charge >= 0.3 is 5.97 Å². The van der Waals surface area contributed by atoms with Crippen LogP contribution >= 0.6 is 0 Å². The fourth-order valence-corrected chi connectivity index (χ4v) is 1.39. The second-order valence-corrected chi connectivity index (χ2v) is 4.67. The van der Waals surface area contributed by atoms with Crippen molar-refractivity contribution in [2.75, 3.05) is 0 Å². The zero-order valence-corrected chi connectivity index (χ0v) is 10.6. The summed E-state index contributed by atoms with van der Waals surface area (Å²) in [7, 11) is 0. The van der Waals surface area contributed by atoms with Gasteiger partial charge in [0.05, 0.1) is 0 Å². The largest absolute Gasteiger partial charge is 0.481 e. The molecule has 0 aromatic carbocycles. The van der Waals surface area contributed by atoms with Crippen molar-refractivity contribution in [1.82, 2.24) is 10.2 Å². The first kappa shape index (κ1) is 13.7. The molecule has 0 amide bonds. The number of carboxylic acid groups (broad SMARTS) is 1. The van der Waals surface area contributed by atoms with Gasteiger partial charge in [-0.15, -0.1) is 10.2 Å². The Hall–Kier alpha value is -1.39. The van der Waals surface area contributed by atoms with E-state index in [4.69, 9.17) is 9.52 Å². The number of aromatic nitrogens is 2. The molecule has 5 nitrogen and oxygen atoms in total. The fraction of sp³-hybridized carbons (Fsp3) is 0.750. The van der Waals surface area contributed by atoms with E-state index < -0.39 is 5.97 Å². The van der Waals surface area contributed by atoms with E-state index in [-0.39, 0.29) is 12.3 Å². The summed E-state index contributed by atoms with van der Waals surface area (Å²) >= 11 is 0. The van der Waals surface area contributed by atoms with Gasteiger partial charge in [0.2, 0.25) is 11.8 Å². The van der Waals surface area contributed by atoms with Crippen LogP contribution in [0.4, 0.5) is 0 Å². The van der Waals surface area contributed by atoms with E-state index in [2.05, 4.69) is 31.0 Å². The van der Waals surface area contributed by atoms with E-state index >= 15 is 0 Å². The number of nitrogens with zero attached hydrogens (tertiary/aromatic N) is 2. The average molecular weight is 240 g/mol. The molecular weight excluding hydrogens is 220 g/mol. The third-order valence-corrected chi connectivity index (χ3v) is 2.90. The molecule has 0 aliphatic rings. The Morgan fingerprint density at radius 3 is 2.59 bits per heavy atom. The minimum atomic E-state index is -0.760. The molecule has 1 rings (SSSR count). The molecule has 1 N–H and O–H groups in total. The van der Waals surface area contributed by atoms with Gasteiger partial charge in [0, 0.05) is 18.8 Å². The van der Waals surface area contributed by atoms with E-state index in [0.29, 0.717) is 30.5 Å². The van der Waals surface area contributed by atoms with Crippen LogP contribution in [0.1, 0.15) is 57.7 Å². The maximum Gasteiger partial charge on any atom is 0.303 e. The quantitative estimate of drug-likeness (QED) is 0.741. The van der Waals surface area contributed by atoms with E-state index in [1.54, 1.807) is 0 Å². The Kier molecular flexibility index (Phi) is 5.12. The Morgan fingerprint density at radius 2 is 2.00 bits per heavy atom. The second kappa shape index (κ2) is 6.37. The Bertz CT molecular complexity index is 360. The van der Waals surface area contributed by atoms with Gasteiger partial charge in [-0.1, -0.05) is 20.8 Å². The topological polar surface area (TPSA) is 76.2 Å². The van der Waals surface area contributed by atoms with Gasteiger partial charge in [0.15, 0.2) is 0 Å². The third-order valence-electron chi connectivity index (χ3n) is 2.90. The molecule has 1 unspecified atom stereocenters. The number of hydrogen-bond donors (Lipinski definition) is 1. The normalized spacial score (nSPS) is 12.9. The van der Waals surface area contributed by atoms with Crippen LogP contribution in [-0.2, 0) is 11.2 Å². The molecule has 96 valence electrons. The van der Waals surface area contributed by atoms with E-state index in [9.17, 15) is 4.79 Å². The summed E-state index contributed by atoms with van der Waals surface area (Å²) in [5.41, 5.74) is 0. The van der Waals surface area contributed by atoms with Crippen molar-refractivity contribution in [1.29, 1.82) is 0 Å². The Balaban J connectivity index is 2.38. The minimum absolute atomic E-state index is 0.198. The van der Waals surface area contributed by atoms with Crippen LogP contribution in [0.2, 0.25) is 0 Å². The molecule has 5 heteroatoms. The minimum Gasteiger partial charge on any atom is -0.481 e. The van der Waals surface area contributed by atoms with Crippen molar-refractivity contribution >= 4 is 5.97 Å². The Morgan fingerprint density at radius 1 is 1.29 bits per heavy atom. The van der Waals surface area contributed by atoms with Crippen LogP contribution in [0.5, 0.6) is 0 Å². The molecule has 0 aliphatic heterocycles. The molecule has 0 fully saturated rings. The standard InChI is InChI=1S/C12H20N2O3/c1-8(2)9(3)12-14-13-10(17-12)6-4-5-7-11(15)16/h8-9H,4-7H2,1-3H3,(H,15,16). The van der Waals surface area contributed by atoms with Crippen molar-refractivity contribution < 1.29 is 14.3 Å². The number of carboxylic acids is 1. The van der Waals surface area contributed by atoms with Crippen LogP contribution in [0.25, 0.3) is 0 Å². The number of carbonyl (C=O) groups is 1. The summed E-state index contributed by atoms with van der Waals surface area (Å²) in [6, 6.07) is 0. The zero-order valence-electron chi connectivity index (χ0n) is 10.6. The SMILES string of the molecule is CC(C)C(C)c1nnc(CCCCC(=O)O)o1. The summed E-state index contributed by atoms with van der Waals surface area (Å²) in [5.74, 6) is 1.25. The van der Waals surface area contributed by atoms with Crippen molar-refractivity contribution in [2.24, 2.45) is 5.92 Å². The molecule has 1 aromatic rings. The molecule has 0 aliphatic carbocycles. The molecule has 0 saturated carbocycles. The van der Waals surface area contributed by atoms with Crippen LogP contribution in [0.15, 0.2) is 4.42 Å². The molecule has 1 heterocycles. The molecule has 0 saturated heterocycles. The van der Waals surface area contributed by atoms with Crippen molar-refractivity contribution in [2.45, 2.75) is 52.4 Å². The predicted octanol–water partition coefficient (Wildman–Crippen LogP) is 2.63. The van der Waals surface area contributed by atoms with Crippen molar-refractivity contribution in [3.8, 4) is 0 Å². The van der Waals surface area contributed by atoms with Crippen molar-refractivity contribution in [3.63, 3.8) is 0 Å². The van der Waals surface area contributed by atoms with Gasteiger partial charge in [0.25, 0.3) is 0 Å². The molecule has 1 atom stereocenters. The first-order valence-corrected chi connectivity index (χ1v) is 6.04. The maximum absolute atomic E-state index is 10.3. The molecule has 0 spiro atoms. The lowest BCUT2D eigenvalue weighted by Gasteiger charge is -2.09. The highest BCUT2D eigenvalue weighted by Crippen LogP contribution is 2.22. The van der Waals surface area contributed by atoms with E-state index in [0.717, 1.165) is 6.42 Å². The first-order chi connectivity index (χ1) is 8.00. The lowest BCUT2D eigenvalue weighted by atomic mass is 9.98. The highest BCUT2D eigenvalue weighted by molar-refractivity contribution is 5.66. The lowest BCUT2D eigenvalue weighted by molar-refractivity contribution is -0.137. The number of rotatable bonds is 7. The van der Waals surface area contributed by atoms with Crippen LogP contribution in [-0.4, -0.2) is 21.3 Å². The molecule has 17 heavy (non-hydrogen) atoms. The summed E-state index contributed by atoms with van der Waals surface area (Å²) in [6.07, 6.45) is 2.27. The van der Waals surface area contributed by atoms with Gasteiger partial charge in [-0.2, -0.15) is 0 Å². The van der Waals surface area contributed by atoms with E-state index in [1.165, 1.54) is 0 Å². The van der Waals surface area contributed by atoms with Crippen molar-refractivity contribution in [3.05, 3.63) is 11.8 Å².